The van der Waals surface area contributed by atoms with Gasteiger partial charge in [0.15, 0.2) is 0 Å². The predicted octanol–water partition coefficient (Wildman–Crippen LogP) is 3.53. The molecular formula is C14H22BrNO2. The van der Waals surface area contributed by atoms with E-state index in [1.807, 2.05) is 6.07 Å². The summed E-state index contributed by atoms with van der Waals surface area (Å²) in [6, 6.07) is 6.49. The molecule has 1 aromatic rings. The highest BCUT2D eigenvalue weighted by Gasteiger charge is 2.15. The predicted molar refractivity (Wildman–Crippen MR) is 78.2 cm³/mol. The highest BCUT2D eigenvalue weighted by Crippen LogP contribution is 2.30. The van der Waals surface area contributed by atoms with Gasteiger partial charge in [-0.25, -0.2) is 0 Å². The fraction of sp³-hybridized carbons (Fsp3) is 0.571. The van der Waals surface area contributed by atoms with Gasteiger partial charge in [-0.2, -0.15) is 0 Å². The van der Waals surface area contributed by atoms with Gasteiger partial charge >= 0.3 is 0 Å². The number of ether oxygens (including phenoxy) is 2. The van der Waals surface area contributed by atoms with Gasteiger partial charge in [0, 0.05) is 29.8 Å². The van der Waals surface area contributed by atoms with E-state index in [1.165, 1.54) is 5.56 Å². The topological polar surface area (TPSA) is 30.5 Å². The SMILES string of the molecule is CCNC(CCCOC)c1ccc(Br)cc1OC. The summed E-state index contributed by atoms with van der Waals surface area (Å²) in [5.41, 5.74) is 1.21. The van der Waals surface area contributed by atoms with Crippen LogP contribution in [0.2, 0.25) is 0 Å². The van der Waals surface area contributed by atoms with E-state index >= 15 is 0 Å². The van der Waals surface area contributed by atoms with Crippen LogP contribution in [0.25, 0.3) is 0 Å². The van der Waals surface area contributed by atoms with Crippen molar-refractivity contribution in [3.8, 4) is 5.75 Å². The van der Waals surface area contributed by atoms with Crippen LogP contribution in [0.5, 0.6) is 5.75 Å². The summed E-state index contributed by atoms with van der Waals surface area (Å²) in [4.78, 5) is 0. The second-order valence-corrected chi connectivity index (χ2v) is 5.05. The quantitative estimate of drug-likeness (QED) is 0.744. The molecule has 0 spiro atoms. The molecule has 102 valence electrons. The number of nitrogens with one attached hydrogen (secondary N) is 1. The molecule has 1 unspecified atom stereocenters. The van der Waals surface area contributed by atoms with Gasteiger partial charge in [0.05, 0.1) is 7.11 Å². The molecule has 0 bridgehead atoms. The van der Waals surface area contributed by atoms with Crippen molar-refractivity contribution in [3.63, 3.8) is 0 Å². The van der Waals surface area contributed by atoms with Crippen LogP contribution < -0.4 is 10.1 Å². The zero-order valence-electron chi connectivity index (χ0n) is 11.3. The summed E-state index contributed by atoms with van der Waals surface area (Å²) in [6.45, 7) is 3.85. The Morgan fingerprint density at radius 3 is 2.72 bits per heavy atom. The first-order chi connectivity index (χ1) is 8.72. The summed E-state index contributed by atoms with van der Waals surface area (Å²) in [6.07, 6.45) is 2.08. The first kappa shape index (κ1) is 15.5. The lowest BCUT2D eigenvalue weighted by atomic mass is 10.0. The second-order valence-electron chi connectivity index (χ2n) is 4.13. The lowest BCUT2D eigenvalue weighted by molar-refractivity contribution is 0.188. The standard InChI is InChI=1S/C14H22BrNO2/c1-4-16-13(6-5-9-17-2)12-8-7-11(15)10-14(12)18-3/h7-8,10,13,16H,4-6,9H2,1-3H3. The number of methoxy groups -OCH3 is 2. The van der Waals surface area contributed by atoms with E-state index in [-0.39, 0.29) is 0 Å². The summed E-state index contributed by atoms with van der Waals surface area (Å²) in [5, 5.41) is 3.50. The largest absolute Gasteiger partial charge is 0.496 e. The first-order valence-electron chi connectivity index (χ1n) is 6.28. The summed E-state index contributed by atoms with van der Waals surface area (Å²) >= 11 is 3.47. The molecule has 1 rings (SSSR count). The van der Waals surface area contributed by atoms with Crippen molar-refractivity contribution < 1.29 is 9.47 Å². The van der Waals surface area contributed by atoms with Crippen LogP contribution in [0.3, 0.4) is 0 Å². The van der Waals surface area contributed by atoms with Gasteiger partial charge in [-0.05, 0) is 31.5 Å². The molecule has 1 atom stereocenters. The molecule has 0 aliphatic rings. The van der Waals surface area contributed by atoms with Crippen LogP contribution >= 0.6 is 15.9 Å². The van der Waals surface area contributed by atoms with Crippen molar-refractivity contribution in [1.29, 1.82) is 0 Å². The number of benzene rings is 1. The minimum absolute atomic E-state index is 0.313. The zero-order valence-corrected chi connectivity index (χ0v) is 12.9. The average Bonchev–Trinajstić information content (AvgIpc) is 2.38. The molecule has 0 saturated heterocycles. The molecule has 0 amide bonds. The monoisotopic (exact) mass is 315 g/mol. The Kier molecular flexibility index (Phi) is 7.32. The molecule has 0 aliphatic carbocycles. The third-order valence-corrected chi connectivity index (χ3v) is 3.36. The van der Waals surface area contributed by atoms with Crippen molar-refractivity contribution in [2.45, 2.75) is 25.8 Å². The number of halogens is 1. The Labute approximate surface area is 118 Å². The van der Waals surface area contributed by atoms with Crippen LogP contribution in [0, 0.1) is 0 Å². The van der Waals surface area contributed by atoms with Crippen molar-refractivity contribution >= 4 is 15.9 Å². The summed E-state index contributed by atoms with van der Waals surface area (Å²) in [5.74, 6) is 0.924. The Hall–Kier alpha value is -0.580. The summed E-state index contributed by atoms with van der Waals surface area (Å²) in [7, 11) is 3.45. The first-order valence-corrected chi connectivity index (χ1v) is 7.08. The fourth-order valence-corrected chi connectivity index (χ4v) is 2.36. The Bertz CT molecular complexity index is 358. The van der Waals surface area contributed by atoms with Crippen LogP contribution in [0.4, 0.5) is 0 Å². The van der Waals surface area contributed by atoms with E-state index in [9.17, 15) is 0 Å². The van der Waals surface area contributed by atoms with Gasteiger partial charge in [0.2, 0.25) is 0 Å². The van der Waals surface area contributed by atoms with E-state index in [0.29, 0.717) is 6.04 Å². The highest BCUT2D eigenvalue weighted by atomic mass is 79.9. The summed E-state index contributed by atoms with van der Waals surface area (Å²) < 4.78 is 11.6. The van der Waals surface area contributed by atoms with Crippen LogP contribution in [-0.4, -0.2) is 27.4 Å². The van der Waals surface area contributed by atoms with Gasteiger partial charge in [-0.3, -0.25) is 0 Å². The molecule has 0 aromatic heterocycles. The van der Waals surface area contributed by atoms with Gasteiger partial charge in [-0.15, -0.1) is 0 Å². The van der Waals surface area contributed by atoms with Crippen molar-refractivity contribution in [2.75, 3.05) is 27.4 Å². The Morgan fingerprint density at radius 2 is 2.11 bits per heavy atom. The molecule has 0 radical (unpaired) electrons. The number of hydrogen-bond donors (Lipinski definition) is 1. The van der Waals surface area contributed by atoms with E-state index in [2.05, 4.69) is 40.3 Å². The van der Waals surface area contributed by atoms with E-state index in [0.717, 1.165) is 36.2 Å². The van der Waals surface area contributed by atoms with E-state index in [4.69, 9.17) is 9.47 Å². The van der Waals surface area contributed by atoms with Crippen LogP contribution in [0.1, 0.15) is 31.4 Å². The maximum Gasteiger partial charge on any atom is 0.124 e. The van der Waals surface area contributed by atoms with Gasteiger partial charge in [-0.1, -0.05) is 28.9 Å². The van der Waals surface area contributed by atoms with E-state index in [1.54, 1.807) is 14.2 Å². The fourth-order valence-electron chi connectivity index (χ4n) is 2.02. The van der Waals surface area contributed by atoms with Crippen molar-refractivity contribution in [2.24, 2.45) is 0 Å². The van der Waals surface area contributed by atoms with E-state index < -0.39 is 0 Å². The lowest BCUT2D eigenvalue weighted by Crippen LogP contribution is -2.21. The molecule has 18 heavy (non-hydrogen) atoms. The minimum atomic E-state index is 0.313. The van der Waals surface area contributed by atoms with Gasteiger partial charge < -0.3 is 14.8 Å². The molecule has 3 nitrogen and oxygen atoms in total. The minimum Gasteiger partial charge on any atom is -0.496 e. The Morgan fingerprint density at radius 1 is 1.33 bits per heavy atom. The maximum atomic E-state index is 5.46. The Balaban J connectivity index is 2.83. The average molecular weight is 316 g/mol. The van der Waals surface area contributed by atoms with Crippen molar-refractivity contribution in [3.05, 3.63) is 28.2 Å². The third-order valence-electron chi connectivity index (χ3n) is 2.86. The lowest BCUT2D eigenvalue weighted by Gasteiger charge is -2.21. The molecule has 1 aromatic carbocycles. The van der Waals surface area contributed by atoms with Crippen LogP contribution in [0.15, 0.2) is 22.7 Å². The normalized spacial score (nSPS) is 12.4. The molecular weight excluding hydrogens is 294 g/mol. The zero-order chi connectivity index (χ0) is 13.4. The number of hydrogen-bond acceptors (Lipinski definition) is 3. The molecule has 0 fully saturated rings. The molecule has 0 heterocycles. The number of rotatable bonds is 8. The molecule has 4 heteroatoms. The smallest absolute Gasteiger partial charge is 0.124 e. The molecule has 1 N–H and O–H groups in total. The maximum absolute atomic E-state index is 5.46. The molecule has 0 aliphatic heterocycles. The van der Waals surface area contributed by atoms with Gasteiger partial charge in [0.25, 0.3) is 0 Å². The second kappa shape index (κ2) is 8.51. The third kappa shape index (κ3) is 4.59. The van der Waals surface area contributed by atoms with Gasteiger partial charge in [0.1, 0.15) is 5.75 Å². The molecule has 0 saturated carbocycles. The van der Waals surface area contributed by atoms with Crippen LogP contribution in [-0.2, 0) is 4.74 Å². The highest BCUT2D eigenvalue weighted by molar-refractivity contribution is 9.10. The van der Waals surface area contributed by atoms with Crippen molar-refractivity contribution in [1.82, 2.24) is 5.32 Å².